The normalized spacial score (nSPS) is 12.5. The van der Waals surface area contributed by atoms with Gasteiger partial charge in [-0.3, -0.25) is 9.59 Å². The standard InChI is InChI=1S/C22H18N2O5/c1-2-18(25)23-14-7-8-15-16(10-14)24-17-11-29-22(28)21(17)20(15)13-5-3-12(4-6-13)9-19(26)27/h3-8,10H,2,9,11H2,1H3,(H,23,25)(H,26,27). The smallest absolute Gasteiger partial charge is 0.341 e. The van der Waals surface area contributed by atoms with Gasteiger partial charge < -0.3 is 15.2 Å². The molecule has 0 unspecified atom stereocenters. The summed E-state index contributed by atoms with van der Waals surface area (Å²) in [4.78, 5) is 39.6. The Labute approximate surface area is 166 Å². The number of carboxylic acid groups (broad SMARTS) is 1. The molecule has 1 aliphatic rings. The number of nitrogens with zero attached hydrogens (tertiary/aromatic N) is 1. The number of esters is 1. The van der Waals surface area contributed by atoms with E-state index in [1.165, 1.54) is 0 Å². The maximum Gasteiger partial charge on any atom is 0.341 e. The third-order valence-corrected chi connectivity index (χ3v) is 4.81. The van der Waals surface area contributed by atoms with Gasteiger partial charge in [0, 0.05) is 23.1 Å². The van der Waals surface area contributed by atoms with Crippen molar-refractivity contribution in [2.75, 3.05) is 5.32 Å². The van der Waals surface area contributed by atoms with Crippen molar-refractivity contribution in [1.29, 1.82) is 0 Å². The molecule has 0 radical (unpaired) electrons. The number of aliphatic carboxylic acids is 1. The highest BCUT2D eigenvalue weighted by atomic mass is 16.5. The minimum absolute atomic E-state index is 0.0714. The van der Waals surface area contributed by atoms with E-state index in [2.05, 4.69) is 10.3 Å². The molecule has 3 aromatic rings. The zero-order valence-corrected chi connectivity index (χ0v) is 15.7. The Bertz CT molecular complexity index is 1150. The van der Waals surface area contributed by atoms with E-state index in [0.29, 0.717) is 40.0 Å². The first-order chi connectivity index (χ1) is 14.0. The molecule has 0 saturated carbocycles. The highest BCUT2D eigenvalue weighted by molar-refractivity contribution is 6.09. The fraction of sp³-hybridized carbons (Fsp3) is 0.182. The van der Waals surface area contributed by atoms with Crippen molar-refractivity contribution < 1.29 is 24.2 Å². The number of fused-ring (bicyclic) bond motifs is 2. The first-order valence-corrected chi connectivity index (χ1v) is 9.21. The van der Waals surface area contributed by atoms with Crippen LogP contribution in [-0.2, 0) is 27.4 Å². The van der Waals surface area contributed by atoms with E-state index in [9.17, 15) is 14.4 Å². The summed E-state index contributed by atoms with van der Waals surface area (Å²) < 4.78 is 5.20. The molecule has 0 spiro atoms. The number of aromatic nitrogens is 1. The minimum Gasteiger partial charge on any atom is -0.481 e. The lowest BCUT2D eigenvalue weighted by molar-refractivity contribution is -0.136. The van der Waals surface area contributed by atoms with Gasteiger partial charge in [0.1, 0.15) is 6.61 Å². The van der Waals surface area contributed by atoms with Gasteiger partial charge in [-0.15, -0.1) is 0 Å². The molecular formula is C22H18N2O5. The Kier molecular flexibility index (Phi) is 4.72. The molecule has 4 rings (SSSR count). The first-order valence-electron chi connectivity index (χ1n) is 9.21. The second-order valence-corrected chi connectivity index (χ2v) is 6.79. The van der Waals surface area contributed by atoms with E-state index in [1.54, 1.807) is 43.3 Å². The van der Waals surface area contributed by atoms with Gasteiger partial charge in [-0.1, -0.05) is 37.3 Å². The lowest BCUT2D eigenvalue weighted by Crippen LogP contribution is -2.09. The lowest BCUT2D eigenvalue weighted by Gasteiger charge is -2.12. The quantitative estimate of drug-likeness (QED) is 0.646. The van der Waals surface area contributed by atoms with E-state index < -0.39 is 11.9 Å². The van der Waals surface area contributed by atoms with E-state index in [-0.39, 0.29) is 18.9 Å². The number of hydrogen-bond donors (Lipinski definition) is 2. The van der Waals surface area contributed by atoms with Crippen molar-refractivity contribution in [3.8, 4) is 11.1 Å². The number of cyclic esters (lactones) is 1. The predicted octanol–water partition coefficient (Wildman–Crippen LogP) is 3.55. The molecule has 0 bridgehead atoms. The van der Waals surface area contributed by atoms with Crippen LogP contribution in [0, 0.1) is 0 Å². The Hall–Kier alpha value is -3.74. The molecule has 0 atom stereocenters. The molecule has 1 amide bonds. The van der Waals surface area contributed by atoms with E-state index in [0.717, 1.165) is 10.9 Å². The summed E-state index contributed by atoms with van der Waals surface area (Å²) >= 11 is 0. The first kappa shape index (κ1) is 18.6. The van der Waals surface area contributed by atoms with Gasteiger partial charge in [0.05, 0.1) is 23.2 Å². The highest BCUT2D eigenvalue weighted by Gasteiger charge is 2.29. The van der Waals surface area contributed by atoms with Crippen LogP contribution in [0.4, 0.5) is 5.69 Å². The molecule has 1 aromatic heterocycles. The average molecular weight is 390 g/mol. The summed E-state index contributed by atoms with van der Waals surface area (Å²) in [6.07, 6.45) is 0.296. The van der Waals surface area contributed by atoms with Crippen LogP contribution in [0.5, 0.6) is 0 Å². The number of carbonyl (C=O) groups excluding carboxylic acids is 2. The number of carboxylic acids is 1. The number of benzene rings is 2. The molecule has 7 heteroatoms. The summed E-state index contributed by atoms with van der Waals surface area (Å²) in [6.45, 7) is 1.87. The molecule has 1 aliphatic heterocycles. The summed E-state index contributed by atoms with van der Waals surface area (Å²) in [7, 11) is 0. The third kappa shape index (κ3) is 3.54. The number of pyridine rings is 1. The van der Waals surface area contributed by atoms with Crippen molar-refractivity contribution in [3.05, 3.63) is 59.3 Å². The van der Waals surface area contributed by atoms with Crippen LogP contribution >= 0.6 is 0 Å². The predicted molar refractivity (Wildman–Crippen MR) is 107 cm³/mol. The Morgan fingerprint density at radius 1 is 1.14 bits per heavy atom. The lowest BCUT2D eigenvalue weighted by atomic mass is 9.93. The molecule has 0 saturated heterocycles. The van der Waals surface area contributed by atoms with Gasteiger partial charge in [-0.05, 0) is 23.3 Å². The number of ether oxygens (including phenoxy) is 1. The monoisotopic (exact) mass is 390 g/mol. The number of carbonyl (C=O) groups is 3. The molecule has 146 valence electrons. The Morgan fingerprint density at radius 3 is 2.59 bits per heavy atom. The summed E-state index contributed by atoms with van der Waals surface area (Å²) in [6, 6.07) is 12.4. The van der Waals surface area contributed by atoms with Crippen molar-refractivity contribution in [2.45, 2.75) is 26.4 Å². The largest absolute Gasteiger partial charge is 0.481 e. The molecule has 0 fully saturated rings. The van der Waals surface area contributed by atoms with Crippen LogP contribution in [0.1, 0.15) is 35.0 Å². The number of amides is 1. The SMILES string of the molecule is CCC(=O)Nc1ccc2c(-c3ccc(CC(=O)O)cc3)c3c(nc2c1)COC3=O. The zero-order chi connectivity index (χ0) is 20.5. The summed E-state index contributed by atoms with van der Waals surface area (Å²) in [5.41, 5.74) is 4.38. The van der Waals surface area contributed by atoms with Gasteiger partial charge in [-0.2, -0.15) is 0 Å². The van der Waals surface area contributed by atoms with Crippen molar-refractivity contribution >= 4 is 34.4 Å². The number of rotatable bonds is 5. The number of hydrogen-bond acceptors (Lipinski definition) is 5. The third-order valence-electron chi connectivity index (χ3n) is 4.81. The van der Waals surface area contributed by atoms with Crippen LogP contribution < -0.4 is 5.32 Å². The van der Waals surface area contributed by atoms with E-state index in [4.69, 9.17) is 9.84 Å². The number of nitrogens with one attached hydrogen (secondary N) is 1. The summed E-state index contributed by atoms with van der Waals surface area (Å²) in [5.74, 6) is -1.43. The van der Waals surface area contributed by atoms with Gasteiger partial charge in [0.2, 0.25) is 5.91 Å². The van der Waals surface area contributed by atoms with Crippen LogP contribution in [0.25, 0.3) is 22.0 Å². The van der Waals surface area contributed by atoms with Crippen LogP contribution in [0.2, 0.25) is 0 Å². The second kappa shape index (κ2) is 7.35. The minimum atomic E-state index is -0.904. The molecule has 2 heterocycles. The second-order valence-electron chi connectivity index (χ2n) is 6.79. The van der Waals surface area contributed by atoms with Crippen LogP contribution in [0.15, 0.2) is 42.5 Å². The molecule has 2 aromatic carbocycles. The Balaban J connectivity index is 1.87. The summed E-state index contributed by atoms with van der Waals surface area (Å²) in [5, 5.41) is 12.5. The maximum absolute atomic E-state index is 12.4. The van der Waals surface area contributed by atoms with Crippen molar-refractivity contribution in [2.24, 2.45) is 0 Å². The zero-order valence-electron chi connectivity index (χ0n) is 15.7. The van der Waals surface area contributed by atoms with Crippen molar-refractivity contribution in [1.82, 2.24) is 4.98 Å². The van der Waals surface area contributed by atoms with Gasteiger partial charge in [0.15, 0.2) is 0 Å². The average Bonchev–Trinajstić information content (AvgIpc) is 3.06. The van der Waals surface area contributed by atoms with Crippen LogP contribution in [-0.4, -0.2) is 27.9 Å². The molecule has 7 nitrogen and oxygen atoms in total. The maximum atomic E-state index is 12.4. The fourth-order valence-corrected chi connectivity index (χ4v) is 3.44. The topological polar surface area (TPSA) is 106 Å². The molecule has 0 aliphatic carbocycles. The van der Waals surface area contributed by atoms with Gasteiger partial charge >= 0.3 is 11.9 Å². The van der Waals surface area contributed by atoms with E-state index in [1.807, 2.05) is 6.07 Å². The van der Waals surface area contributed by atoms with Crippen LogP contribution in [0.3, 0.4) is 0 Å². The van der Waals surface area contributed by atoms with Crippen molar-refractivity contribution in [3.63, 3.8) is 0 Å². The number of anilines is 1. The molecule has 2 N–H and O–H groups in total. The highest BCUT2D eigenvalue weighted by Crippen LogP contribution is 2.37. The molecular weight excluding hydrogens is 372 g/mol. The Morgan fingerprint density at radius 2 is 1.90 bits per heavy atom. The van der Waals surface area contributed by atoms with E-state index >= 15 is 0 Å². The van der Waals surface area contributed by atoms with Gasteiger partial charge in [-0.25, -0.2) is 9.78 Å². The fourth-order valence-electron chi connectivity index (χ4n) is 3.44. The molecule has 29 heavy (non-hydrogen) atoms. The van der Waals surface area contributed by atoms with Gasteiger partial charge in [0.25, 0.3) is 0 Å².